The Hall–Kier alpha value is -1.70. The summed E-state index contributed by atoms with van der Waals surface area (Å²) < 4.78 is 5.38. The molecule has 8 heteroatoms. The average Bonchev–Trinajstić information content (AvgIpc) is 2.87. The molecule has 0 radical (unpaired) electrons. The summed E-state index contributed by atoms with van der Waals surface area (Å²) in [5.41, 5.74) is 2.18. The fourth-order valence-corrected chi connectivity index (χ4v) is 1.87. The van der Waals surface area contributed by atoms with Gasteiger partial charge in [0.1, 0.15) is 17.1 Å². The molecule has 1 aromatic heterocycles. The van der Waals surface area contributed by atoms with Gasteiger partial charge in [0.05, 0.1) is 6.61 Å². The number of aromatic amines is 1. The average molecular weight is 284 g/mol. The zero-order valence-electron chi connectivity index (χ0n) is 10.0. The predicted molar refractivity (Wildman–Crippen MR) is 72.4 cm³/mol. The molecule has 1 fully saturated rings. The Morgan fingerprint density at radius 3 is 3.00 bits per heavy atom. The largest absolute Gasteiger partial charge is 0.366 e. The third kappa shape index (κ3) is 3.01. The van der Waals surface area contributed by atoms with E-state index >= 15 is 0 Å². The normalized spacial score (nSPS) is 18.8. The third-order valence-corrected chi connectivity index (χ3v) is 2.80. The van der Waals surface area contributed by atoms with Crippen LogP contribution in [0.2, 0.25) is 0 Å². The molecule has 1 saturated heterocycles. The highest BCUT2D eigenvalue weighted by molar-refractivity contribution is 5.96. The van der Waals surface area contributed by atoms with Crippen molar-refractivity contribution in [3.8, 4) is 0 Å². The molecular weight excluding hydrogens is 270 g/mol. The number of anilines is 1. The van der Waals surface area contributed by atoms with Crippen LogP contribution in [0.1, 0.15) is 0 Å². The number of aromatic nitrogens is 3. The van der Waals surface area contributed by atoms with Crippen LogP contribution >= 0.6 is 12.4 Å². The van der Waals surface area contributed by atoms with E-state index in [2.05, 4.69) is 26.0 Å². The Kier molecular flexibility index (Phi) is 4.31. The first-order valence-corrected chi connectivity index (χ1v) is 5.76. The minimum absolute atomic E-state index is 0. The quantitative estimate of drug-likeness (QED) is 0.738. The van der Waals surface area contributed by atoms with Gasteiger partial charge in [0.2, 0.25) is 0 Å². The van der Waals surface area contributed by atoms with Crippen LogP contribution in [0.5, 0.6) is 0 Å². The summed E-state index contributed by atoms with van der Waals surface area (Å²) in [7, 11) is 0. The number of rotatable bonds is 2. The minimum atomic E-state index is -0.438. The van der Waals surface area contributed by atoms with Crippen LogP contribution in [-0.4, -0.2) is 47.1 Å². The molecule has 1 aromatic carbocycles. The second kappa shape index (κ2) is 5.96. The molecule has 1 aliphatic heterocycles. The smallest absolute Gasteiger partial charge is 0.254 e. The number of benzene rings is 1. The molecule has 1 atom stereocenters. The molecule has 19 heavy (non-hydrogen) atoms. The van der Waals surface area contributed by atoms with Crippen molar-refractivity contribution in [2.45, 2.75) is 6.10 Å². The lowest BCUT2D eigenvalue weighted by molar-refractivity contribution is -0.128. The molecule has 0 saturated carbocycles. The van der Waals surface area contributed by atoms with Crippen LogP contribution in [0.4, 0.5) is 5.69 Å². The summed E-state index contributed by atoms with van der Waals surface area (Å²) in [6.07, 6.45) is -0.438. The SMILES string of the molecule is Cl.O=C(Nc1ccc2n[nH]nc2c1)C1CNCCO1. The van der Waals surface area contributed by atoms with Crippen molar-refractivity contribution in [1.29, 1.82) is 0 Å². The lowest BCUT2D eigenvalue weighted by atomic mass is 10.2. The van der Waals surface area contributed by atoms with Crippen LogP contribution in [0.15, 0.2) is 18.2 Å². The van der Waals surface area contributed by atoms with Crippen LogP contribution in [0, 0.1) is 0 Å². The number of carbonyl (C=O) groups is 1. The van der Waals surface area contributed by atoms with Gasteiger partial charge in [-0.2, -0.15) is 15.4 Å². The Morgan fingerprint density at radius 2 is 2.21 bits per heavy atom. The first-order valence-electron chi connectivity index (χ1n) is 5.76. The Morgan fingerprint density at radius 1 is 1.37 bits per heavy atom. The monoisotopic (exact) mass is 283 g/mol. The van der Waals surface area contributed by atoms with Crippen LogP contribution < -0.4 is 10.6 Å². The van der Waals surface area contributed by atoms with E-state index in [1.54, 1.807) is 18.2 Å². The fourth-order valence-electron chi connectivity index (χ4n) is 1.87. The minimum Gasteiger partial charge on any atom is -0.366 e. The standard InChI is InChI=1S/C11H13N5O2.ClH/c17-11(10-6-12-3-4-18-10)13-7-1-2-8-9(5-7)15-16-14-8;/h1-2,5,10,12H,3-4,6H2,(H,13,17)(H,14,15,16);1H. The van der Waals surface area contributed by atoms with Gasteiger partial charge in [-0.3, -0.25) is 4.79 Å². The number of hydrogen-bond acceptors (Lipinski definition) is 5. The van der Waals surface area contributed by atoms with Gasteiger partial charge in [-0.1, -0.05) is 0 Å². The summed E-state index contributed by atoms with van der Waals surface area (Å²) in [6.45, 7) is 1.88. The number of fused-ring (bicyclic) bond motifs is 1. The van der Waals surface area contributed by atoms with E-state index in [0.717, 1.165) is 17.6 Å². The Balaban J connectivity index is 0.00000133. The second-order valence-electron chi connectivity index (χ2n) is 4.08. The van der Waals surface area contributed by atoms with Crippen molar-refractivity contribution in [1.82, 2.24) is 20.7 Å². The van der Waals surface area contributed by atoms with E-state index in [4.69, 9.17) is 4.74 Å². The van der Waals surface area contributed by atoms with E-state index in [-0.39, 0.29) is 18.3 Å². The molecular formula is C11H14ClN5O2. The molecule has 2 heterocycles. The zero-order valence-corrected chi connectivity index (χ0v) is 10.9. The van der Waals surface area contributed by atoms with Gasteiger partial charge < -0.3 is 15.4 Å². The van der Waals surface area contributed by atoms with Crippen molar-refractivity contribution >= 4 is 35.0 Å². The molecule has 3 rings (SSSR count). The van der Waals surface area contributed by atoms with Crippen molar-refractivity contribution in [3.63, 3.8) is 0 Å². The highest BCUT2D eigenvalue weighted by Gasteiger charge is 2.21. The van der Waals surface area contributed by atoms with E-state index in [1.807, 2.05) is 0 Å². The summed E-state index contributed by atoms with van der Waals surface area (Å²) in [6, 6.07) is 5.36. The summed E-state index contributed by atoms with van der Waals surface area (Å²) in [5, 5.41) is 16.4. The molecule has 7 nitrogen and oxygen atoms in total. The molecule has 0 bridgehead atoms. The number of carbonyl (C=O) groups excluding carboxylic acids is 1. The van der Waals surface area contributed by atoms with Crippen LogP contribution in [0.3, 0.4) is 0 Å². The number of nitrogens with zero attached hydrogens (tertiary/aromatic N) is 2. The number of amides is 1. The Labute approximate surface area is 115 Å². The topological polar surface area (TPSA) is 91.9 Å². The molecule has 0 aliphatic carbocycles. The number of nitrogens with one attached hydrogen (secondary N) is 3. The lowest BCUT2D eigenvalue weighted by Gasteiger charge is -2.22. The number of H-pyrrole nitrogens is 1. The molecule has 1 amide bonds. The number of hydrogen-bond donors (Lipinski definition) is 3. The maximum absolute atomic E-state index is 11.9. The van der Waals surface area contributed by atoms with E-state index < -0.39 is 6.10 Å². The highest BCUT2D eigenvalue weighted by atomic mass is 35.5. The molecule has 1 aliphatic rings. The van der Waals surface area contributed by atoms with Gasteiger partial charge in [0, 0.05) is 18.8 Å². The Bertz CT molecular complexity index is 567. The van der Waals surface area contributed by atoms with Gasteiger partial charge in [-0.25, -0.2) is 0 Å². The second-order valence-corrected chi connectivity index (χ2v) is 4.08. The van der Waals surface area contributed by atoms with Crippen molar-refractivity contribution in [2.24, 2.45) is 0 Å². The van der Waals surface area contributed by atoms with E-state index in [9.17, 15) is 4.79 Å². The van der Waals surface area contributed by atoms with Crippen molar-refractivity contribution in [2.75, 3.05) is 25.0 Å². The molecule has 0 spiro atoms. The highest BCUT2D eigenvalue weighted by Crippen LogP contribution is 2.15. The first-order chi connectivity index (χ1) is 8.83. The first kappa shape index (κ1) is 13.7. The van der Waals surface area contributed by atoms with Gasteiger partial charge in [-0.05, 0) is 18.2 Å². The van der Waals surface area contributed by atoms with Gasteiger partial charge >= 0.3 is 0 Å². The third-order valence-electron chi connectivity index (χ3n) is 2.80. The van der Waals surface area contributed by atoms with Crippen LogP contribution in [0.25, 0.3) is 11.0 Å². The van der Waals surface area contributed by atoms with Crippen molar-refractivity contribution < 1.29 is 9.53 Å². The van der Waals surface area contributed by atoms with E-state index in [1.165, 1.54) is 0 Å². The van der Waals surface area contributed by atoms with Crippen LogP contribution in [-0.2, 0) is 9.53 Å². The van der Waals surface area contributed by atoms with E-state index in [0.29, 0.717) is 18.8 Å². The van der Waals surface area contributed by atoms with Gasteiger partial charge in [0.25, 0.3) is 5.91 Å². The van der Waals surface area contributed by atoms with Gasteiger partial charge in [-0.15, -0.1) is 12.4 Å². The maximum atomic E-state index is 11.9. The summed E-state index contributed by atoms with van der Waals surface area (Å²) in [4.78, 5) is 11.9. The molecule has 102 valence electrons. The number of halogens is 1. The molecule has 2 aromatic rings. The number of morpholine rings is 1. The van der Waals surface area contributed by atoms with Crippen molar-refractivity contribution in [3.05, 3.63) is 18.2 Å². The predicted octanol–water partition coefficient (Wildman–Crippen LogP) is 0.307. The fraction of sp³-hybridized carbons (Fsp3) is 0.364. The zero-order chi connectivity index (χ0) is 12.4. The lowest BCUT2D eigenvalue weighted by Crippen LogP contribution is -2.45. The summed E-state index contributed by atoms with van der Waals surface area (Å²) >= 11 is 0. The molecule has 1 unspecified atom stereocenters. The molecule has 3 N–H and O–H groups in total. The summed E-state index contributed by atoms with van der Waals surface area (Å²) in [5.74, 6) is -0.148. The van der Waals surface area contributed by atoms with Gasteiger partial charge in [0.15, 0.2) is 0 Å². The maximum Gasteiger partial charge on any atom is 0.254 e. The number of ether oxygens (including phenoxy) is 1.